The number of anilines is 1. The zero-order valence-corrected chi connectivity index (χ0v) is 15.6. The normalized spacial score (nSPS) is 16.7. The Morgan fingerprint density at radius 2 is 2.14 bits per heavy atom. The second kappa shape index (κ2) is 8.33. The van der Waals surface area contributed by atoms with Crippen molar-refractivity contribution in [1.82, 2.24) is 9.97 Å². The lowest BCUT2D eigenvalue weighted by atomic mass is 10.1. The van der Waals surface area contributed by atoms with Gasteiger partial charge in [0.15, 0.2) is 0 Å². The lowest BCUT2D eigenvalue weighted by molar-refractivity contribution is -0.101. The number of fused-ring (bicyclic) bond motifs is 1. The maximum atomic E-state index is 12.4. The second-order valence-electron chi connectivity index (χ2n) is 6.61. The third kappa shape index (κ3) is 4.27. The molecule has 4 rings (SSSR count). The van der Waals surface area contributed by atoms with Gasteiger partial charge in [-0.1, -0.05) is 6.07 Å². The summed E-state index contributed by atoms with van der Waals surface area (Å²) in [6.45, 7) is 4.03. The highest BCUT2D eigenvalue weighted by Gasteiger charge is 2.16. The molecule has 1 N–H and O–H groups in total. The van der Waals surface area contributed by atoms with Crippen LogP contribution in [-0.4, -0.2) is 48.4 Å². The molecule has 0 radical (unpaired) electrons. The predicted octanol–water partition coefficient (Wildman–Crippen LogP) is 2.98. The van der Waals surface area contributed by atoms with E-state index in [0.29, 0.717) is 43.7 Å². The SMILES string of the molecule is Cc1ccc(C(=O)Nc2ccc3c(OCC4COCCO4)nccc3c2)nc1. The number of ether oxygens (including phenoxy) is 3. The molecule has 1 saturated heterocycles. The van der Waals surface area contributed by atoms with Crippen molar-refractivity contribution < 1.29 is 19.0 Å². The van der Waals surface area contributed by atoms with Gasteiger partial charge in [-0.3, -0.25) is 9.78 Å². The zero-order valence-electron chi connectivity index (χ0n) is 15.6. The van der Waals surface area contributed by atoms with Gasteiger partial charge in [-0.25, -0.2) is 4.98 Å². The molecule has 1 aliphatic rings. The van der Waals surface area contributed by atoms with Gasteiger partial charge < -0.3 is 19.5 Å². The van der Waals surface area contributed by atoms with Crippen LogP contribution < -0.4 is 10.1 Å². The second-order valence-corrected chi connectivity index (χ2v) is 6.61. The van der Waals surface area contributed by atoms with Gasteiger partial charge in [-0.05, 0) is 48.2 Å². The Labute approximate surface area is 162 Å². The number of aromatic nitrogens is 2. The van der Waals surface area contributed by atoms with Gasteiger partial charge in [0, 0.05) is 23.5 Å². The number of hydrogen-bond acceptors (Lipinski definition) is 6. The minimum atomic E-state index is -0.251. The van der Waals surface area contributed by atoms with Crippen LogP contribution >= 0.6 is 0 Å². The van der Waals surface area contributed by atoms with Crippen LogP contribution in [0.4, 0.5) is 5.69 Å². The third-order valence-corrected chi connectivity index (χ3v) is 4.42. The molecule has 0 saturated carbocycles. The molecule has 28 heavy (non-hydrogen) atoms. The van der Waals surface area contributed by atoms with Crippen molar-refractivity contribution in [2.45, 2.75) is 13.0 Å². The third-order valence-electron chi connectivity index (χ3n) is 4.42. The van der Waals surface area contributed by atoms with Crippen molar-refractivity contribution in [2.75, 3.05) is 31.7 Å². The zero-order chi connectivity index (χ0) is 19.3. The quantitative estimate of drug-likeness (QED) is 0.734. The Bertz CT molecular complexity index is 969. The summed E-state index contributed by atoms with van der Waals surface area (Å²) in [5.41, 5.74) is 2.06. The molecule has 1 amide bonds. The molecule has 3 heterocycles. The summed E-state index contributed by atoms with van der Waals surface area (Å²) < 4.78 is 16.8. The maximum absolute atomic E-state index is 12.4. The van der Waals surface area contributed by atoms with E-state index in [2.05, 4.69) is 15.3 Å². The number of carbonyl (C=O) groups is 1. The van der Waals surface area contributed by atoms with Crippen molar-refractivity contribution in [1.29, 1.82) is 0 Å². The van der Waals surface area contributed by atoms with Gasteiger partial charge in [-0.15, -0.1) is 0 Å². The fraction of sp³-hybridized carbons (Fsp3) is 0.286. The van der Waals surface area contributed by atoms with E-state index in [1.807, 2.05) is 37.3 Å². The molecule has 2 aromatic heterocycles. The highest BCUT2D eigenvalue weighted by molar-refractivity contribution is 6.04. The first-order valence-electron chi connectivity index (χ1n) is 9.14. The molecule has 0 spiro atoms. The molecular weight excluding hydrogens is 358 g/mol. The summed E-state index contributed by atoms with van der Waals surface area (Å²) in [6, 6.07) is 11.0. The molecule has 1 aliphatic heterocycles. The van der Waals surface area contributed by atoms with Crippen LogP contribution in [0, 0.1) is 6.92 Å². The summed E-state index contributed by atoms with van der Waals surface area (Å²) in [7, 11) is 0. The van der Waals surface area contributed by atoms with Crippen molar-refractivity contribution in [3.63, 3.8) is 0 Å². The van der Waals surface area contributed by atoms with Gasteiger partial charge in [-0.2, -0.15) is 0 Å². The van der Waals surface area contributed by atoms with Crippen LogP contribution in [0.2, 0.25) is 0 Å². The first-order valence-corrected chi connectivity index (χ1v) is 9.14. The number of benzene rings is 1. The number of nitrogens with zero attached hydrogens (tertiary/aromatic N) is 2. The van der Waals surface area contributed by atoms with Crippen molar-refractivity contribution in [3.05, 3.63) is 60.0 Å². The Morgan fingerprint density at radius 3 is 2.93 bits per heavy atom. The van der Waals surface area contributed by atoms with E-state index in [4.69, 9.17) is 14.2 Å². The standard InChI is InChI=1S/C21H21N3O4/c1-14-2-5-19(23-11-14)20(25)24-16-3-4-18-15(10-16)6-7-22-21(18)28-13-17-12-26-8-9-27-17/h2-7,10-11,17H,8-9,12-13H2,1H3,(H,24,25). The van der Waals surface area contributed by atoms with E-state index in [0.717, 1.165) is 16.3 Å². The fourth-order valence-corrected chi connectivity index (χ4v) is 2.94. The van der Waals surface area contributed by atoms with Crippen LogP contribution in [-0.2, 0) is 9.47 Å². The molecule has 7 nitrogen and oxygen atoms in total. The first kappa shape index (κ1) is 18.3. The molecule has 1 atom stereocenters. The van der Waals surface area contributed by atoms with Crippen LogP contribution in [0.3, 0.4) is 0 Å². The number of pyridine rings is 2. The van der Waals surface area contributed by atoms with Gasteiger partial charge in [0.2, 0.25) is 5.88 Å². The largest absolute Gasteiger partial charge is 0.474 e. The molecule has 0 aliphatic carbocycles. The molecule has 1 unspecified atom stereocenters. The van der Waals surface area contributed by atoms with E-state index in [1.165, 1.54) is 0 Å². The number of nitrogens with one attached hydrogen (secondary N) is 1. The lowest BCUT2D eigenvalue weighted by Gasteiger charge is -2.22. The predicted molar refractivity (Wildman–Crippen MR) is 105 cm³/mol. The minimum absolute atomic E-state index is 0.0913. The smallest absolute Gasteiger partial charge is 0.274 e. The van der Waals surface area contributed by atoms with Crippen molar-refractivity contribution >= 4 is 22.4 Å². The first-order chi connectivity index (χ1) is 13.7. The van der Waals surface area contributed by atoms with Gasteiger partial charge in [0.05, 0.1) is 19.8 Å². The number of carbonyl (C=O) groups excluding carboxylic acids is 1. The molecular formula is C21H21N3O4. The maximum Gasteiger partial charge on any atom is 0.274 e. The van der Waals surface area contributed by atoms with E-state index in [-0.39, 0.29) is 12.0 Å². The highest BCUT2D eigenvalue weighted by atomic mass is 16.6. The Balaban J connectivity index is 1.48. The van der Waals surface area contributed by atoms with Gasteiger partial charge >= 0.3 is 0 Å². The minimum Gasteiger partial charge on any atom is -0.474 e. The molecule has 7 heteroatoms. The van der Waals surface area contributed by atoms with Crippen LogP contribution in [0.1, 0.15) is 16.1 Å². The monoisotopic (exact) mass is 379 g/mol. The van der Waals surface area contributed by atoms with Crippen LogP contribution in [0.5, 0.6) is 5.88 Å². The van der Waals surface area contributed by atoms with Crippen LogP contribution in [0.15, 0.2) is 48.8 Å². The Kier molecular flexibility index (Phi) is 5.45. The Hall–Kier alpha value is -3.03. The molecule has 3 aromatic rings. The van der Waals surface area contributed by atoms with Crippen LogP contribution in [0.25, 0.3) is 10.8 Å². The topological polar surface area (TPSA) is 82.6 Å². The molecule has 1 aromatic carbocycles. The molecule has 0 bridgehead atoms. The Morgan fingerprint density at radius 1 is 1.21 bits per heavy atom. The van der Waals surface area contributed by atoms with Gasteiger partial charge in [0.25, 0.3) is 5.91 Å². The fourth-order valence-electron chi connectivity index (χ4n) is 2.94. The number of hydrogen-bond donors (Lipinski definition) is 1. The summed E-state index contributed by atoms with van der Waals surface area (Å²) >= 11 is 0. The molecule has 1 fully saturated rings. The average molecular weight is 379 g/mol. The van der Waals surface area contributed by atoms with E-state index in [9.17, 15) is 4.79 Å². The van der Waals surface area contributed by atoms with E-state index in [1.54, 1.807) is 18.5 Å². The summed E-state index contributed by atoms with van der Waals surface area (Å²) in [6.07, 6.45) is 3.26. The molecule has 144 valence electrons. The van der Waals surface area contributed by atoms with E-state index >= 15 is 0 Å². The summed E-state index contributed by atoms with van der Waals surface area (Å²) in [5, 5.41) is 4.66. The van der Waals surface area contributed by atoms with Crippen molar-refractivity contribution in [2.24, 2.45) is 0 Å². The van der Waals surface area contributed by atoms with Gasteiger partial charge in [0.1, 0.15) is 18.4 Å². The number of rotatable bonds is 5. The number of aryl methyl sites for hydroxylation is 1. The van der Waals surface area contributed by atoms with E-state index < -0.39 is 0 Å². The summed E-state index contributed by atoms with van der Waals surface area (Å²) in [5.74, 6) is 0.282. The lowest BCUT2D eigenvalue weighted by Crippen LogP contribution is -2.33. The summed E-state index contributed by atoms with van der Waals surface area (Å²) in [4.78, 5) is 20.8. The average Bonchev–Trinajstić information content (AvgIpc) is 2.73. The van der Waals surface area contributed by atoms with Crippen molar-refractivity contribution in [3.8, 4) is 5.88 Å². The highest BCUT2D eigenvalue weighted by Crippen LogP contribution is 2.26. The number of amides is 1.